The van der Waals surface area contributed by atoms with Gasteiger partial charge in [0.25, 0.3) is 0 Å². The molecule has 114 valence electrons. The summed E-state index contributed by atoms with van der Waals surface area (Å²) in [6, 6.07) is 7.71. The molecule has 0 atom stereocenters. The summed E-state index contributed by atoms with van der Waals surface area (Å²) in [6.07, 6.45) is 1.45. The molecule has 4 nitrogen and oxygen atoms in total. The van der Waals surface area contributed by atoms with Crippen LogP contribution in [0.4, 0.5) is 0 Å². The molecule has 0 amide bonds. The van der Waals surface area contributed by atoms with Crippen LogP contribution in [-0.4, -0.2) is 50.4 Å². The fourth-order valence-electron chi connectivity index (χ4n) is 2.10. The maximum Gasteiger partial charge on any atom is 0.0700 e. The van der Waals surface area contributed by atoms with Gasteiger partial charge in [-0.05, 0) is 30.5 Å². The number of methoxy groups -OCH3 is 1. The normalized spacial score (nSPS) is 11.8. The van der Waals surface area contributed by atoms with E-state index in [4.69, 9.17) is 9.47 Å². The molecule has 1 aromatic carbocycles. The highest BCUT2D eigenvalue weighted by atomic mass is 79.9. The van der Waals surface area contributed by atoms with Gasteiger partial charge in [0.05, 0.1) is 26.4 Å². The maximum absolute atomic E-state index is 9.71. The molecule has 0 spiro atoms. The fourth-order valence-corrected chi connectivity index (χ4v) is 2.36. The molecule has 0 aliphatic carbocycles. The summed E-state index contributed by atoms with van der Waals surface area (Å²) in [7, 11) is 1.64. The van der Waals surface area contributed by atoms with E-state index in [0.29, 0.717) is 26.2 Å². The number of ether oxygens (including phenoxy) is 2. The smallest absolute Gasteiger partial charge is 0.0700 e. The van der Waals surface area contributed by atoms with Gasteiger partial charge < -0.3 is 19.7 Å². The SMILES string of the molecule is COCCOCCCC(CO)(CO)c1ccc(Br)cc1. The summed E-state index contributed by atoms with van der Waals surface area (Å²) < 4.78 is 11.3. The van der Waals surface area contributed by atoms with E-state index in [0.717, 1.165) is 16.5 Å². The first-order chi connectivity index (χ1) is 9.68. The van der Waals surface area contributed by atoms with Gasteiger partial charge in [0.15, 0.2) is 0 Å². The topological polar surface area (TPSA) is 58.9 Å². The molecule has 5 heteroatoms. The summed E-state index contributed by atoms with van der Waals surface area (Å²) >= 11 is 3.39. The highest BCUT2D eigenvalue weighted by molar-refractivity contribution is 9.10. The van der Waals surface area contributed by atoms with Crippen molar-refractivity contribution >= 4 is 15.9 Å². The molecule has 0 radical (unpaired) electrons. The van der Waals surface area contributed by atoms with Crippen LogP contribution in [0.2, 0.25) is 0 Å². The highest BCUT2D eigenvalue weighted by Crippen LogP contribution is 2.29. The van der Waals surface area contributed by atoms with E-state index < -0.39 is 5.41 Å². The third kappa shape index (κ3) is 5.14. The van der Waals surface area contributed by atoms with Crippen molar-refractivity contribution in [1.29, 1.82) is 0 Å². The molecule has 0 saturated heterocycles. The van der Waals surface area contributed by atoms with Crippen molar-refractivity contribution < 1.29 is 19.7 Å². The van der Waals surface area contributed by atoms with Crippen LogP contribution in [0.3, 0.4) is 0 Å². The van der Waals surface area contributed by atoms with Gasteiger partial charge in [0.2, 0.25) is 0 Å². The van der Waals surface area contributed by atoms with E-state index in [9.17, 15) is 10.2 Å². The van der Waals surface area contributed by atoms with Crippen molar-refractivity contribution in [2.24, 2.45) is 0 Å². The van der Waals surface area contributed by atoms with Crippen molar-refractivity contribution in [2.75, 3.05) is 40.1 Å². The average Bonchev–Trinajstić information content (AvgIpc) is 2.48. The van der Waals surface area contributed by atoms with Crippen molar-refractivity contribution in [3.05, 3.63) is 34.3 Å². The number of hydrogen-bond donors (Lipinski definition) is 2. The lowest BCUT2D eigenvalue weighted by atomic mass is 9.78. The van der Waals surface area contributed by atoms with Crippen LogP contribution in [0.25, 0.3) is 0 Å². The molecule has 2 N–H and O–H groups in total. The molecule has 20 heavy (non-hydrogen) atoms. The van der Waals surface area contributed by atoms with E-state index in [1.54, 1.807) is 7.11 Å². The molecule has 1 aromatic rings. The third-order valence-corrected chi connectivity index (χ3v) is 3.97. The summed E-state index contributed by atoms with van der Waals surface area (Å²) in [4.78, 5) is 0. The van der Waals surface area contributed by atoms with E-state index in [-0.39, 0.29) is 13.2 Å². The Labute approximate surface area is 128 Å². The molecule has 0 aliphatic rings. The van der Waals surface area contributed by atoms with E-state index in [1.807, 2.05) is 24.3 Å². The van der Waals surface area contributed by atoms with Gasteiger partial charge in [0, 0.05) is 23.6 Å². The standard InChI is InChI=1S/C15H23BrO4/c1-19-9-10-20-8-2-7-15(11-17,12-18)13-3-5-14(16)6-4-13/h3-6,17-18H,2,7-12H2,1H3. The first-order valence-electron chi connectivity index (χ1n) is 6.73. The zero-order chi connectivity index (χ0) is 14.8. The minimum atomic E-state index is -0.606. The van der Waals surface area contributed by atoms with E-state index in [2.05, 4.69) is 15.9 Å². The summed E-state index contributed by atoms with van der Waals surface area (Å²) in [5, 5.41) is 19.4. The van der Waals surface area contributed by atoms with Gasteiger partial charge in [-0.3, -0.25) is 0 Å². The molecular formula is C15H23BrO4. The Morgan fingerprint density at radius 2 is 1.70 bits per heavy atom. The van der Waals surface area contributed by atoms with Crippen LogP contribution in [0, 0.1) is 0 Å². The van der Waals surface area contributed by atoms with Crippen LogP contribution < -0.4 is 0 Å². The van der Waals surface area contributed by atoms with Crippen LogP contribution in [0.5, 0.6) is 0 Å². The van der Waals surface area contributed by atoms with Crippen LogP contribution in [0.1, 0.15) is 18.4 Å². The minimum Gasteiger partial charge on any atom is -0.395 e. The second kappa shape index (κ2) is 9.47. The average molecular weight is 347 g/mol. The summed E-state index contributed by atoms with van der Waals surface area (Å²) in [5.41, 5.74) is 0.341. The van der Waals surface area contributed by atoms with Gasteiger partial charge in [-0.15, -0.1) is 0 Å². The third-order valence-electron chi connectivity index (χ3n) is 3.44. The molecule has 1 rings (SSSR count). The lowest BCUT2D eigenvalue weighted by Gasteiger charge is -2.30. The molecule has 0 aromatic heterocycles. The number of benzene rings is 1. The molecule has 0 unspecified atom stereocenters. The highest BCUT2D eigenvalue weighted by Gasteiger charge is 2.30. The Balaban J connectivity index is 2.56. The Hall–Kier alpha value is -0.460. The van der Waals surface area contributed by atoms with Crippen LogP contribution in [0.15, 0.2) is 28.7 Å². The fraction of sp³-hybridized carbons (Fsp3) is 0.600. The number of hydrogen-bond acceptors (Lipinski definition) is 4. The maximum atomic E-state index is 9.71. The molecule has 0 fully saturated rings. The summed E-state index contributed by atoms with van der Waals surface area (Å²) in [6.45, 7) is 1.59. The minimum absolute atomic E-state index is 0.0802. The van der Waals surface area contributed by atoms with Crippen LogP contribution >= 0.6 is 15.9 Å². The van der Waals surface area contributed by atoms with Gasteiger partial charge in [-0.25, -0.2) is 0 Å². The van der Waals surface area contributed by atoms with Crippen LogP contribution in [-0.2, 0) is 14.9 Å². The molecule has 0 heterocycles. The Morgan fingerprint density at radius 1 is 1.05 bits per heavy atom. The van der Waals surface area contributed by atoms with Gasteiger partial charge in [-0.1, -0.05) is 28.1 Å². The quantitative estimate of drug-likeness (QED) is 0.637. The Bertz CT molecular complexity index is 363. The Kier molecular flexibility index (Phi) is 8.33. The largest absolute Gasteiger partial charge is 0.395 e. The Morgan fingerprint density at radius 3 is 2.25 bits per heavy atom. The zero-order valence-corrected chi connectivity index (χ0v) is 13.4. The number of aliphatic hydroxyl groups is 2. The predicted octanol–water partition coefficient (Wildman–Crippen LogP) is 2.11. The lowest BCUT2D eigenvalue weighted by Crippen LogP contribution is -2.35. The molecule has 0 aliphatic heterocycles. The van der Waals surface area contributed by atoms with E-state index >= 15 is 0 Å². The van der Waals surface area contributed by atoms with Gasteiger partial charge in [-0.2, -0.15) is 0 Å². The van der Waals surface area contributed by atoms with Gasteiger partial charge >= 0.3 is 0 Å². The first kappa shape index (κ1) is 17.6. The van der Waals surface area contributed by atoms with Crippen molar-refractivity contribution in [2.45, 2.75) is 18.3 Å². The molecule has 0 bridgehead atoms. The number of halogens is 1. The predicted molar refractivity (Wildman–Crippen MR) is 81.9 cm³/mol. The first-order valence-corrected chi connectivity index (χ1v) is 7.52. The van der Waals surface area contributed by atoms with Crippen molar-refractivity contribution in [3.8, 4) is 0 Å². The van der Waals surface area contributed by atoms with Crippen molar-refractivity contribution in [3.63, 3.8) is 0 Å². The zero-order valence-electron chi connectivity index (χ0n) is 11.8. The lowest BCUT2D eigenvalue weighted by molar-refractivity contribution is 0.0571. The molecule has 0 saturated carbocycles. The number of aliphatic hydroxyl groups excluding tert-OH is 2. The second-order valence-electron chi connectivity index (χ2n) is 4.81. The van der Waals surface area contributed by atoms with Crippen molar-refractivity contribution in [1.82, 2.24) is 0 Å². The number of rotatable bonds is 10. The monoisotopic (exact) mass is 346 g/mol. The second-order valence-corrected chi connectivity index (χ2v) is 5.73. The molecular weight excluding hydrogens is 324 g/mol. The van der Waals surface area contributed by atoms with Gasteiger partial charge in [0.1, 0.15) is 0 Å². The van der Waals surface area contributed by atoms with E-state index in [1.165, 1.54) is 0 Å². The summed E-state index contributed by atoms with van der Waals surface area (Å²) in [5.74, 6) is 0.